The number of hydrogen-bond donors (Lipinski definition) is 1. The second-order valence-corrected chi connectivity index (χ2v) is 5.95. The van der Waals surface area contributed by atoms with E-state index >= 15 is 0 Å². The standard InChI is InChI=1S/C15H11ClINO3/c16-11-2-1-3-13(8-11)18(9-14(19)20)15(21)10-4-6-12(17)7-5-10/h1-8H,9H2,(H,19,20). The Morgan fingerprint density at radius 3 is 2.38 bits per heavy atom. The molecule has 0 bridgehead atoms. The third-order valence-corrected chi connectivity index (χ3v) is 3.70. The van der Waals surface area contributed by atoms with Gasteiger partial charge in [0.1, 0.15) is 6.54 Å². The summed E-state index contributed by atoms with van der Waals surface area (Å²) in [5.41, 5.74) is 0.880. The molecule has 6 heteroatoms. The lowest BCUT2D eigenvalue weighted by atomic mass is 10.2. The third kappa shape index (κ3) is 4.18. The van der Waals surface area contributed by atoms with E-state index in [0.29, 0.717) is 16.3 Å². The molecule has 0 aliphatic heterocycles. The molecule has 0 unspecified atom stereocenters. The van der Waals surface area contributed by atoms with Crippen LogP contribution in [0.4, 0.5) is 5.69 Å². The van der Waals surface area contributed by atoms with E-state index in [4.69, 9.17) is 16.7 Å². The summed E-state index contributed by atoms with van der Waals surface area (Å²) in [5.74, 6) is -1.47. The highest BCUT2D eigenvalue weighted by molar-refractivity contribution is 14.1. The van der Waals surface area contributed by atoms with Crippen LogP contribution < -0.4 is 4.90 Å². The highest BCUT2D eigenvalue weighted by Crippen LogP contribution is 2.21. The van der Waals surface area contributed by atoms with Gasteiger partial charge in [0, 0.05) is 19.8 Å². The van der Waals surface area contributed by atoms with Crippen LogP contribution in [0.2, 0.25) is 5.02 Å². The first kappa shape index (κ1) is 15.8. The highest BCUT2D eigenvalue weighted by atomic mass is 127. The lowest BCUT2D eigenvalue weighted by Gasteiger charge is -2.21. The fraction of sp³-hybridized carbons (Fsp3) is 0.0667. The molecule has 0 radical (unpaired) electrons. The van der Waals surface area contributed by atoms with Gasteiger partial charge in [-0.3, -0.25) is 14.5 Å². The Labute approximate surface area is 140 Å². The van der Waals surface area contributed by atoms with E-state index in [1.165, 1.54) is 4.90 Å². The van der Waals surface area contributed by atoms with Crippen molar-refractivity contribution in [2.24, 2.45) is 0 Å². The van der Waals surface area contributed by atoms with Crippen LogP contribution in [0.25, 0.3) is 0 Å². The molecule has 0 aromatic heterocycles. The number of carboxylic acids is 1. The van der Waals surface area contributed by atoms with Crippen molar-refractivity contribution in [1.29, 1.82) is 0 Å². The van der Waals surface area contributed by atoms with Gasteiger partial charge in [-0.2, -0.15) is 0 Å². The summed E-state index contributed by atoms with van der Waals surface area (Å²) in [6.07, 6.45) is 0. The summed E-state index contributed by atoms with van der Waals surface area (Å²) >= 11 is 8.05. The molecule has 0 heterocycles. The first-order valence-corrected chi connectivity index (χ1v) is 7.48. The smallest absolute Gasteiger partial charge is 0.323 e. The molecule has 1 N–H and O–H groups in total. The van der Waals surface area contributed by atoms with Crippen LogP contribution in [0.5, 0.6) is 0 Å². The summed E-state index contributed by atoms with van der Waals surface area (Å²) in [4.78, 5) is 24.7. The predicted molar refractivity (Wildman–Crippen MR) is 89.9 cm³/mol. The lowest BCUT2D eigenvalue weighted by Crippen LogP contribution is -2.35. The molecule has 0 saturated carbocycles. The number of nitrogens with zero attached hydrogens (tertiary/aromatic N) is 1. The molecule has 21 heavy (non-hydrogen) atoms. The minimum absolute atomic E-state index is 0.379. The van der Waals surface area contributed by atoms with Gasteiger partial charge in [-0.05, 0) is 65.1 Å². The summed E-state index contributed by atoms with van der Waals surface area (Å²) in [6.45, 7) is -0.425. The van der Waals surface area contributed by atoms with Crippen molar-refractivity contribution in [3.05, 3.63) is 62.7 Å². The molecule has 0 atom stereocenters. The normalized spacial score (nSPS) is 10.2. The highest BCUT2D eigenvalue weighted by Gasteiger charge is 2.20. The Kier molecular flexibility index (Phi) is 5.19. The van der Waals surface area contributed by atoms with Crippen LogP contribution in [0.1, 0.15) is 10.4 Å². The number of benzene rings is 2. The van der Waals surface area contributed by atoms with Crippen molar-refractivity contribution in [3.8, 4) is 0 Å². The SMILES string of the molecule is O=C(O)CN(C(=O)c1ccc(I)cc1)c1cccc(Cl)c1. The van der Waals surface area contributed by atoms with Gasteiger partial charge in [0.15, 0.2) is 0 Å². The third-order valence-electron chi connectivity index (χ3n) is 2.75. The molecule has 2 rings (SSSR count). The summed E-state index contributed by atoms with van der Waals surface area (Å²) < 4.78 is 0.997. The zero-order valence-electron chi connectivity index (χ0n) is 10.8. The molecule has 108 valence electrons. The second-order valence-electron chi connectivity index (χ2n) is 4.27. The van der Waals surface area contributed by atoms with E-state index in [0.717, 1.165) is 3.57 Å². The minimum Gasteiger partial charge on any atom is -0.480 e. The molecule has 2 aromatic carbocycles. The first-order valence-electron chi connectivity index (χ1n) is 6.02. The fourth-order valence-electron chi connectivity index (χ4n) is 1.81. The Bertz CT molecular complexity index is 673. The molecular formula is C15H11ClINO3. The average Bonchev–Trinajstić information content (AvgIpc) is 2.44. The van der Waals surface area contributed by atoms with Gasteiger partial charge in [0.2, 0.25) is 0 Å². The van der Waals surface area contributed by atoms with E-state index in [1.54, 1.807) is 48.5 Å². The van der Waals surface area contributed by atoms with Gasteiger partial charge >= 0.3 is 5.97 Å². The van der Waals surface area contributed by atoms with Crippen LogP contribution in [-0.2, 0) is 4.79 Å². The van der Waals surface area contributed by atoms with E-state index in [2.05, 4.69) is 22.6 Å². The molecular weight excluding hydrogens is 405 g/mol. The number of halogens is 2. The maximum Gasteiger partial charge on any atom is 0.323 e. The Hall–Kier alpha value is -1.60. The molecule has 2 aromatic rings. The zero-order valence-corrected chi connectivity index (χ0v) is 13.7. The molecule has 0 spiro atoms. The van der Waals surface area contributed by atoms with Gasteiger partial charge in [0.25, 0.3) is 5.91 Å². The van der Waals surface area contributed by atoms with Crippen molar-refractivity contribution < 1.29 is 14.7 Å². The van der Waals surface area contributed by atoms with E-state index in [9.17, 15) is 9.59 Å². The number of carbonyl (C=O) groups excluding carboxylic acids is 1. The largest absolute Gasteiger partial charge is 0.480 e. The van der Waals surface area contributed by atoms with Crippen LogP contribution in [-0.4, -0.2) is 23.5 Å². The van der Waals surface area contributed by atoms with Gasteiger partial charge in [-0.1, -0.05) is 17.7 Å². The number of carbonyl (C=O) groups is 2. The molecule has 0 fully saturated rings. The number of rotatable bonds is 4. The van der Waals surface area contributed by atoms with Crippen molar-refractivity contribution in [1.82, 2.24) is 0 Å². The predicted octanol–water partition coefficient (Wildman–Crippen LogP) is 3.68. The van der Waals surface area contributed by atoms with E-state index < -0.39 is 12.5 Å². The molecule has 0 saturated heterocycles. The molecule has 4 nitrogen and oxygen atoms in total. The maximum absolute atomic E-state index is 12.5. The summed E-state index contributed by atoms with van der Waals surface area (Å²) in [6, 6.07) is 13.5. The van der Waals surface area contributed by atoms with Gasteiger partial charge in [-0.15, -0.1) is 0 Å². The van der Waals surface area contributed by atoms with E-state index in [1.807, 2.05) is 0 Å². The van der Waals surface area contributed by atoms with Crippen LogP contribution >= 0.6 is 34.2 Å². The second kappa shape index (κ2) is 6.91. The number of aliphatic carboxylic acids is 1. The first-order chi connectivity index (χ1) is 9.97. The van der Waals surface area contributed by atoms with Crippen molar-refractivity contribution >= 4 is 51.8 Å². The quantitative estimate of drug-likeness (QED) is 0.775. The molecule has 0 aliphatic rings. The van der Waals surface area contributed by atoms with Crippen LogP contribution in [0.3, 0.4) is 0 Å². The number of carboxylic acid groups (broad SMARTS) is 1. The van der Waals surface area contributed by atoms with Crippen molar-refractivity contribution in [3.63, 3.8) is 0 Å². The molecule has 0 aliphatic carbocycles. The average molecular weight is 416 g/mol. The monoisotopic (exact) mass is 415 g/mol. The minimum atomic E-state index is -1.09. The van der Waals surface area contributed by atoms with Crippen LogP contribution in [0.15, 0.2) is 48.5 Å². The Balaban J connectivity index is 2.38. The Morgan fingerprint density at radius 2 is 1.81 bits per heavy atom. The molecule has 1 amide bonds. The number of hydrogen-bond acceptors (Lipinski definition) is 2. The van der Waals surface area contributed by atoms with Crippen molar-refractivity contribution in [2.75, 3.05) is 11.4 Å². The zero-order chi connectivity index (χ0) is 15.4. The van der Waals surface area contributed by atoms with Crippen molar-refractivity contribution in [2.45, 2.75) is 0 Å². The Morgan fingerprint density at radius 1 is 1.14 bits per heavy atom. The number of amides is 1. The maximum atomic E-state index is 12.5. The lowest BCUT2D eigenvalue weighted by molar-refractivity contribution is -0.135. The topological polar surface area (TPSA) is 57.6 Å². The fourth-order valence-corrected chi connectivity index (χ4v) is 2.35. The van der Waals surface area contributed by atoms with E-state index in [-0.39, 0.29) is 5.91 Å². The summed E-state index contributed by atoms with van der Waals surface area (Å²) in [7, 11) is 0. The summed E-state index contributed by atoms with van der Waals surface area (Å²) in [5, 5.41) is 9.47. The van der Waals surface area contributed by atoms with Gasteiger partial charge < -0.3 is 5.11 Å². The van der Waals surface area contributed by atoms with Crippen LogP contribution in [0, 0.1) is 3.57 Å². The number of anilines is 1. The van der Waals surface area contributed by atoms with Gasteiger partial charge in [0.05, 0.1) is 0 Å². The van der Waals surface area contributed by atoms with Gasteiger partial charge in [-0.25, -0.2) is 0 Å².